The molecule has 256 valence electrons. The molecule has 11 aromatic rings. The van der Waals surface area contributed by atoms with E-state index in [2.05, 4.69) is 191 Å². The van der Waals surface area contributed by atoms with Crippen molar-refractivity contribution < 1.29 is 0 Å². The van der Waals surface area contributed by atoms with Gasteiger partial charge in [-0.15, -0.1) is 0 Å². The number of rotatable bonds is 4. The molecule has 12 rings (SSSR count). The van der Waals surface area contributed by atoms with E-state index in [0.717, 1.165) is 38.9 Å². The van der Waals surface area contributed by atoms with E-state index in [9.17, 15) is 0 Å². The number of hydrogen-bond acceptors (Lipinski definition) is 3. The molecule has 0 N–H and O–H groups in total. The molecule has 0 radical (unpaired) electrons. The first kappa shape index (κ1) is 30.5. The fourth-order valence-corrected chi connectivity index (χ4v) is 9.73. The lowest BCUT2D eigenvalue weighted by molar-refractivity contribution is 1.01. The van der Waals surface area contributed by atoms with Crippen LogP contribution in [0.1, 0.15) is 0 Å². The zero-order chi connectivity index (χ0) is 36.0. The van der Waals surface area contributed by atoms with Crippen LogP contribution in [0.15, 0.2) is 192 Å². The van der Waals surface area contributed by atoms with Crippen LogP contribution in [0.25, 0.3) is 99.7 Å². The number of fused-ring (bicyclic) bond motifs is 8. The van der Waals surface area contributed by atoms with Gasteiger partial charge in [0.05, 0.1) is 33.3 Å². The third-order valence-electron chi connectivity index (χ3n) is 11.1. The molecular weight excluding hydrogens is 689 g/mol. The number of nitrogens with zero attached hydrogens (tertiary/aromatic N) is 4. The fraction of sp³-hybridized carbons (Fsp3) is 0. The van der Waals surface area contributed by atoms with E-state index in [1.165, 1.54) is 64.6 Å². The molecule has 1 aliphatic rings. The van der Waals surface area contributed by atoms with Gasteiger partial charge in [-0.3, -0.25) is 4.57 Å². The molecule has 0 aliphatic carbocycles. The van der Waals surface area contributed by atoms with E-state index < -0.39 is 0 Å². The molecule has 4 heterocycles. The van der Waals surface area contributed by atoms with Gasteiger partial charge in [-0.2, -0.15) is 0 Å². The fourth-order valence-electron chi connectivity index (χ4n) is 8.62. The molecular formula is C50H30N4S. The standard InChI is InChI=1S/C50H30N4S/c1-2-11-31(12-3-1)32-21-25-35(26-22-32)53-42-17-7-4-13-36(42)38-27-23-34(30-45(38)53)33-24-28-44-40(29-33)37-14-5-8-18-43(37)54(44)50-51-41-16-10-20-47-48(41)49(52-50)39-15-6-9-19-46(39)55-47/h1-30H. The molecule has 0 fully saturated rings. The smallest absolute Gasteiger partial charge is 0.235 e. The van der Waals surface area contributed by atoms with Crippen molar-refractivity contribution in [2.45, 2.75) is 9.79 Å². The number of aromatic nitrogens is 4. The van der Waals surface area contributed by atoms with Crippen molar-refractivity contribution in [3.05, 3.63) is 182 Å². The van der Waals surface area contributed by atoms with Crippen LogP contribution < -0.4 is 0 Å². The van der Waals surface area contributed by atoms with Crippen LogP contribution in [-0.4, -0.2) is 19.1 Å². The van der Waals surface area contributed by atoms with Crippen LogP contribution >= 0.6 is 11.8 Å². The second-order valence-electron chi connectivity index (χ2n) is 14.2. The summed E-state index contributed by atoms with van der Waals surface area (Å²) in [6.45, 7) is 0. The maximum absolute atomic E-state index is 5.35. The summed E-state index contributed by atoms with van der Waals surface area (Å²) in [5.74, 6) is 0.685. The molecule has 0 atom stereocenters. The van der Waals surface area contributed by atoms with Gasteiger partial charge in [-0.1, -0.05) is 133 Å². The van der Waals surface area contributed by atoms with Crippen LogP contribution in [0.2, 0.25) is 0 Å². The van der Waals surface area contributed by atoms with Gasteiger partial charge in [-0.25, -0.2) is 9.97 Å². The van der Waals surface area contributed by atoms with Gasteiger partial charge in [0, 0.05) is 48.0 Å². The van der Waals surface area contributed by atoms with Crippen LogP contribution in [0.5, 0.6) is 0 Å². The monoisotopic (exact) mass is 718 g/mol. The van der Waals surface area contributed by atoms with Gasteiger partial charge in [0.2, 0.25) is 5.95 Å². The Hall–Kier alpha value is -6.95. The Bertz CT molecular complexity index is 3340. The highest BCUT2D eigenvalue weighted by Crippen LogP contribution is 2.47. The summed E-state index contributed by atoms with van der Waals surface area (Å²) < 4.78 is 4.64. The van der Waals surface area contributed by atoms with Crippen LogP contribution in [-0.2, 0) is 0 Å². The predicted molar refractivity (Wildman–Crippen MR) is 229 cm³/mol. The largest absolute Gasteiger partial charge is 0.309 e. The average Bonchev–Trinajstić information content (AvgIpc) is 3.76. The first-order chi connectivity index (χ1) is 27.3. The molecule has 5 heteroatoms. The van der Waals surface area contributed by atoms with Crippen LogP contribution in [0.4, 0.5) is 0 Å². The SMILES string of the molecule is c1ccc(-c2ccc(-n3c4ccccc4c4ccc(-c5ccc6c(c5)c5ccccc5n6-c5nc6c7c(cccc7n5)Sc5ccccc5-6)cc43)cc2)cc1. The molecule has 0 saturated heterocycles. The van der Waals surface area contributed by atoms with E-state index >= 15 is 0 Å². The number of hydrogen-bond donors (Lipinski definition) is 0. The van der Waals surface area contributed by atoms with Gasteiger partial charge in [0.1, 0.15) is 0 Å². The highest BCUT2D eigenvalue weighted by molar-refractivity contribution is 7.99. The third-order valence-corrected chi connectivity index (χ3v) is 12.3. The van der Waals surface area contributed by atoms with Crippen molar-refractivity contribution in [2.75, 3.05) is 0 Å². The zero-order valence-corrected chi connectivity index (χ0v) is 30.3. The Labute approximate surface area is 321 Å². The molecule has 0 saturated carbocycles. The second kappa shape index (κ2) is 11.8. The highest BCUT2D eigenvalue weighted by atomic mass is 32.2. The second-order valence-corrected chi connectivity index (χ2v) is 15.3. The Kier molecular flexibility index (Phi) is 6.53. The predicted octanol–water partition coefficient (Wildman–Crippen LogP) is 13.3. The van der Waals surface area contributed by atoms with Crippen LogP contribution in [0.3, 0.4) is 0 Å². The minimum absolute atomic E-state index is 0.685. The van der Waals surface area contributed by atoms with E-state index in [0.29, 0.717) is 5.95 Å². The lowest BCUT2D eigenvalue weighted by atomic mass is 10.0. The molecule has 0 unspecified atom stereocenters. The summed E-state index contributed by atoms with van der Waals surface area (Å²) in [5, 5.41) is 5.96. The normalized spacial score (nSPS) is 12.3. The van der Waals surface area contributed by atoms with Gasteiger partial charge in [0.15, 0.2) is 0 Å². The van der Waals surface area contributed by atoms with E-state index in [1.54, 1.807) is 11.8 Å². The van der Waals surface area contributed by atoms with Crippen molar-refractivity contribution in [3.63, 3.8) is 0 Å². The summed E-state index contributed by atoms with van der Waals surface area (Å²) in [5.41, 5.74) is 13.6. The lowest BCUT2D eigenvalue weighted by Gasteiger charge is -2.20. The van der Waals surface area contributed by atoms with Gasteiger partial charge < -0.3 is 4.57 Å². The van der Waals surface area contributed by atoms with Crippen molar-refractivity contribution in [2.24, 2.45) is 0 Å². The van der Waals surface area contributed by atoms with Crippen LogP contribution in [0, 0.1) is 0 Å². The van der Waals surface area contributed by atoms with Crippen molar-refractivity contribution in [3.8, 4) is 45.1 Å². The average molecular weight is 719 g/mol. The van der Waals surface area contributed by atoms with E-state index in [1.807, 2.05) is 0 Å². The zero-order valence-electron chi connectivity index (χ0n) is 29.5. The van der Waals surface area contributed by atoms with Crippen molar-refractivity contribution in [1.29, 1.82) is 0 Å². The molecule has 4 nitrogen and oxygen atoms in total. The summed E-state index contributed by atoms with van der Waals surface area (Å²) in [6.07, 6.45) is 0. The Morgan fingerprint density at radius 3 is 1.85 bits per heavy atom. The Morgan fingerprint density at radius 1 is 0.382 bits per heavy atom. The maximum atomic E-state index is 5.35. The Morgan fingerprint density at radius 2 is 1.00 bits per heavy atom. The minimum atomic E-state index is 0.685. The summed E-state index contributed by atoms with van der Waals surface area (Å²) in [6, 6.07) is 65.5. The maximum Gasteiger partial charge on any atom is 0.235 e. The molecule has 55 heavy (non-hydrogen) atoms. The molecule has 1 aliphatic heterocycles. The first-order valence-corrected chi connectivity index (χ1v) is 19.4. The molecule has 0 bridgehead atoms. The first-order valence-electron chi connectivity index (χ1n) is 18.6. The van der Waals surface area contributed by atoms with Gasteiger partial charge in [0.25, 0.3) is 0 Å². The van der Waals surface area contributed by atoms with Crippen molar-refractivity contribution >= 4 is 66.3 Å². The van der Waals surface area contributed by atoms with Gasteiger partial charge in [-0.05, 0) is 82.9 Å². The number of benzene rings is 8. The van der Waals surface area contributed by atoms with E-state index in [-0.39, 0.29) is 0 Å². The molecule has 0 spiro atoms. The Balaban J connectivity index is 1.03. The summed E-state index contributed by atoms with van der Waals surface area (Å²) in [7, 11) is 0. The molecule has 3 aromatic heterocycles. The lowest BCUT2D eigenvalue weighted by Crippen LogP contribution is -2.05. The van der Waals surface area contributed by atoms with Crippen molar-refractivity contribution in [1.82, 2.24) is 19.1 Å². The van der Waals surface area contributed by atoms with Gasteiger partial charge >= 0.3 is 0 Å². The highest BCUT2D eigenvalue weighted by Gasteiger charge is 2.24. The summed E-state index contributed by atoms with van der Waals surface area (Å²) in [4.78, 5) is 13.0. The third kappa shape index (κ3) is 4.60. The molecule has 0 amide bonds. The molecule has 8 aromatic carbocycles. The number of para-hydroxylation sites is 2. The quantitative estimate of drug-likeness (QED) is 0.182. The summed E-state index contributed by atoms with van der Waals surface area (Å²) >= 11 is 1.80. The minimum Gasteiger partial charge on any atom is -0.309 e. The van der Waals surface area contributed by atoms with E-state index in [4.69, 9.17) is 9.97 Å². The topological polar surface area (TPSA) is 35.6 Å².